The van der Waals surface area contributed by atoms with Gasteiger partial charge in [-0.05, 0) is 65.6 Å². The van der Waals surface area contributed by atoms with Crippen LogP contribution in [0.4, 0.5) is 8.78 Å². The molecule has 7 heteroatoms. The minimum absolute atomic E-state index is 0.0877. The fraction of sp³-hybridized carbons (Fsp3) is 0.536. The molecule has 0 aliphatic heterocycles. The second kappa shape index (κ2) is 11.0. The van der Waals surface area contributed by atoms with E-state index in [-0.39, 0.29) is 30.0 Å². The molecule has 0 unspecified atom stereocenters. The summed E-state index contributed by atoms with van der Waals surface area (Å²) in [4.78, 5) is 11.8. The normalized spacial score (nSPS) is 17.6. The summed E-state index contributed by atoms with van der Waals surface area (Å²) in [6.45, 7) is 7.82. The third kappa shape index (κ3) is 7.24. The van der Waals surface area contributed by atoms with Crippen LogP contribution in [0.3, 0.4) is 0 Å². The molecule has 1 amide bonds. The molecule has 0 spiro atoms. The molecule has 35 heavy (non-hydrogen) atoms. The van der Waals surface area contributed by atoms with Crippen molar-refractivity contribution in [3.8, 4) is 5.75 Å². The number of halogens is 2. The van der Waals surface area contributed by atoms with Gasteiger partial charge in [0.2, 0.25) is 5.91 Å². The van der Waals surface area contributed by atoms with Crippen LogP contribution in [-0.2, 0) is 22.2 Å². The Morgan fingerprint density at radius 3 is 2.23 bits per heavy atom. The molecule has 0 heterocycles. The lowest BCUT2D eigenvalue weighted by molar-refractivity contribution is -0.120. The highest BCUT2D eigenvalue weighted by atomic mass is 19.1. The third-order valence-corrected chi connectivity index (χ3v) is 6.92. The first-order valence-electron chi connectivity index (χ1n) is 12.4. The molecule has 0 radical (unpaired) electrons. The Bertz CT molecular complexity index is 1010. The van der Waals surface area contributed by atoms with Gasteiger partial charge < -0.3 is 20.8 Å². The maximum Gasteiger partial charge on any atom is 0.217 e. The number of phenolic OH excluding ortho intramolecular Hbond substituents is 1. The molecule has 1 saturated carbocycles. The summed E-state index contributed by atoms with van der Waals surface area (Å²) >= 11 is 0. The van der Waals surface area contributed by atoms with Gasteiger partial charge >= 0.3 is 0 Å². The fourth-order valence-corrected chi connectivity index (χ4v) is 5.01. The first-order chi connectivity index (χ1) is 16.4. The number of carbonyl (C=O) groups excluding carboxylic acids is 1. The average molecular weight is 489 g/mol. The zero-order valence-electron chi connectivity index (χ0n) is 21.1. The SMILES string of the molecule is CC(=O)N[C@@H](Cc1cc(F)cc(F)c1)[C@H](O)CNC1(c2cc(O)cc(C(C)(C)C)c2)CCCCC1. The van der Waals surface area contributed by atoms with Crippen LogP contribution in [0.2, 0.25) is 0 Å². The van der Waals surface area contributed by atoms with Crippen LogP contribution >= 0.6 is 0 Å². The fourth-order valence-electron chi connectivity index (χ4n) is 5.01. The Labute approximate surface area is 207 Å². The molecule has 0 aromatic heterocycles. The number of hydrogen-bond donors (Lipinski definition) is 4. The Kier molecular flexibility index (Phi) is 8.54. The average Bonchev–Trinajstić information content (AvgIpc) is 2.75. The van der Waals surface area contributed by atoms with Crippen molar-refractivity contribution in [2.45, 2.75) is 89.3 Å². The third-order valence-electron chi connectivity index (χ3n) is 6.92. The van der Waals surface area contributed by atoms with E-state index >= 15 is 0 Å². The molecule has 2 aromatic rings. The number of carbonyl (C=O) groups is 1. The number of hydrogen-bond acceptors (Lipinski definition) is 4. The minimum atomic E-state index is -0.997. The van der Waals surface area contributed by atoms with E-state index in [1.165, 1.54) is 19.1 Å². The van der Waals surface area contributed by atoms with Crippen LogP contribution in [0.15, 0.2) is 36.4 Å². The van der Waals surface area contributed by atoms with Crippen LogP contribution in [-0.4, -0.2) is 34.8 Å². The number of nitrogens with one attached hydrogen (secondary N) is 2. The van der Waals surface area contributed by atoms with Gasteiger partial charge in [-0.25, -0.2) is 8.78 Å². The van der Waals surface area contributed by atoms with Gasteiger partial charge in [0.15, 0.2) is 0 Å². The summed E-state index contributed by atoms with van der Waals surface area (Å²) in [5.74, 6) is -1.52. The zero-order chi connectivity index (χ0) is 25.8. The van der Waals surface area contributed by atoms with Crippen molar-refractivity contribution in [3.05, 3.63) is 64.7 Å². The predicted molar refractivity (Wildman–Crippen MR) is 133 cm³/mol. The van der Waals surface area contributed by atoms with Crippen LogP contribution in [0, 0.1) is 11.6 Å². The summed E-state index contributed by atoms with van der Waals surface area (Å²) in [5.41, 5.74) is 1.81. The molecule has 2 atom stereocenters. The van der Waals surface area contributed by atoms with Crippen LogP contribution in [0.5, 0.6) is 5.75 Å². The smallest absolute Gasteiger partial charge is 0.217 e. The van der Waals surface area contributed by atoms with Gasteiger partial charge in [0, 0.05) is 25.1 Å². The van der Waals surface area contributed by atoms with Gasteiger partial charge in [-0.1, -0.05) is 46.1 Å². The van der Waals surface area contributed by atoms with Gasteiger partial charge in [-0.2, -0.15) is 0 Å². The molecule has 1 aliphatic carbocycles. The van der Waals surface area contributed by atoms with E-state index in [0.717, 1.165) is 49.3 Å². The number of benzene rings is 2. The van der Waals surface area contributed by atoms with Gasteiger partial charge in [0.25, 0.3) is 0 Å². The highest BCUT2D eigenvalue weighted by Crippen LogP contribution is 2.40. The van der Waals surface area contributed by atoms with Crippen molar-refractivity contribution in [1.82, 2.24) is 10.6 Å². The Morgan fingerprint density at radius 1 is 1.03 bits per heavy atom. The highest BCUT2D eigenvalue weighted by molar-refractivity contribution is 5.73. The maximum absolute atomic E-state index is 13.7. The van der Waals surface area contributed by atoms with Crippen molar-refractivity contribution in [2.75, 3.05) is 6.54 Å². The highest BCUT2D eigenvalue weighted by Gasteiger charge is 2.36. The number of aliphatic hydroxyl groups excluding tert-OH is 1. The van der Waals surface area contributed by atoms with E-state index < -0.39 is 29.3 Å². The quantitative estimate of drug-likeness (QED) is 0.429. The lowest BCUT2D eigenvalue weighted by Gasteiger charge is -2.41. The first kappa shape index (κ1) is 27.1. The summed E-state index contributed by atoms with van der Waals surface area (Å²) < 4.78 is 27.4. The monoisotopic (exact) mass is 488 g/mol. The lowest BCUT2D eigenvalue weighted by Crippen LogP contribution is -2.53. The number of phenols is 1. The predicted octanol–water partition coefficient (Wildman–Crippen LogP) is 4.83. The Morgan fingerprint density at radius 2 is 1.66 bits per heavy atom. The molecule has 0 saturated heterocycles. The van der Waals surface area contributed by atoms with Crippen LogP contribution < -0.4 is 10.6 Å². The molecule has 192 valence electrons. The molecule has 3 rings (SSSR count). The van der Waals surface area contributed by atoms with Crippen molar-refractivity contribution >= 4 is 5.91 Å². The van der Waals surface area contributed by atoms with Crippen molar-refractivity contribution in [2.24, 2.45) is 0 Å². The van der Waals surface area contributed by atoms with Crippen LogP contribution in [0.1, 0.15) is 76.5 Å². The van der Waals surface area contributed by atoms with Crippen LogP contribution in [0.25, 0.3) is 0 Å². The van der Waals surface area contributed by atoms with Crippen molar-refractivity contribution in [3.63, 3.8) is 0 Å². The molecular weight excluding hydrogens is 450 g/mol. The van der Waals surface area contributed by atoms with Gasteiger partial charge in [-0.3, -0.25) is 4.79 Å². The van der Waals surface area contributed by atoms with Crippen molar-refractivity contribution < 1.29 is 23.8 Å². The summed E-state index contributed by atoms with van der Waals surface area (Å²) in [6.07, 6.45) is 3.95. The molecule has 0 bridgehead atoms. The first-order valence-corrected chi connectivity index (χ1v) is 12.4. The number of aromatic hydroxyl groups is 1. The largest absolute Gasteiger partial charge is 0.508 e. The van der Waals surface area contributed by atoms with E-state index in [1.54, 1.807) is 12.1 Å². The standard InChI is InChI=1S/C28H38F2N2O3/c1-18(33)32-25(12-19-10-22(29)16-23(30)11-19)26(35)17-31-28(8-6-5-7-9-28)21-13-20(27(2,3)4)14-24(34)15-21/h10-11,13-16,25-26,31,34-35H,5-9,12,17H2,1-4H3,(H,32,33)/t25-,26+/m0/s1. The maximum atomic E-state index is 13.7. The molecule has 4 N–H and O–H groups in total. The number of amides is 1. The van der Waals surface area contributed by atoms with Gasteiger partial charge in [0.1, 0.15) is 17.4 Å². The van der Waals surface area contributed by atoms with E-state index in [9.17, 15) is 23.8 Å². The molecule has 1 aliphatic rings. The second-order valence-electron chi connectivity index (χ2n) is 10.9. The molecular formula is C28H38F2N2O3. The molecule has 1 fully saturated rings. The van der Waals surface area contributed by atoms with Gasteiger partial charge in [-0.15, -0.1) is 0 Å². The second-order valence-corrected chi connectivity index (χ2v) is 10.9. The lowest BCUT2D eigenvalue weighted by atomic mass is 9.74. The summed E-state index contributed by atoms with van der Waals surface area (Å²) in [5, 5.41) is 27.9. The van der Waals surface area contributed by atoms with E-state index in [2.05, 4.69) is 37.5 Å². The summed E-state index contributed by atoms with van der Waals surface area (Å²) in [6, 6.07) is 8.20. The van der Waals surface area contributed by atoms with Crippen molar-refractivity contribution in [1.29, 1.82) is 0 Å². The van der Waals surface area contributed by atoms with Gasteiger partial charge in [0.05, 0.1) is 12.1 Å². The topological polar surface area (TPSA) is 81.6 Å². The molecule has 5 nitrogen and oxygen atoms in total. The zero-order valence-corrected chi connectivity index (χ0v) is 21.1. The summed E-state index contributed by atoms with van der Waals surface area (Å²) in [7, 11) is 0. The Balaban J connectivity index is 1.84. The van der Waals surface area contributed by atoms with E-state index in [4.69, 9.17) is 0 Å². The number of aliphatic hydroxyl groups is 1. The van der Waals surface area contributed by atoms with E-state index in [0.29, 0.717) is 5.56 Å². The van der Waals surface area contributed by atoms with E-state index in [1.807, 2.05) is 0 Å². The molecule has 2 aromatic carbocycles. The minimum Gasteiger partial charge on any atom is -0.508 e. The number of rotatable bonds is 8. The Hall–Kier alpha value is -2.51.